The SMILES string of the molecule is O=c1[se]c(-c2ccccc2)ccc1-c1ccccc1. The molecule has 2 heteroatoms. The molecule has 3 rings (SSSR count). The van der Waals surface area contributed by atoms with Gasteiger partial charge in [0.05, 0.1) is 0 Å². The van der Waals surface area contributed by atoms with E-state index in [0.717, 1.165) is 21.1 Å². The zero-order valence-electron chi connectivity index (χ0n) is 10.2. The van der Waals surface area contributed by atoms with Gasteiger partial charge in [0.25, 0.3) is 0 Å². The van der Waals surface area contributed by atoms with Gasteiger partial charge in [-0.1, -0.05) is 0 Å². The topological polar surface area (TPSA) is 17.1 Å². The Labute approximate surface area is 117 Å². The Bertz CT molecular complexity index is 730. The van der Waals surface area contributed by atoms with E-state index >= 15 is 0 Å². The van der Waals surface area contributed by atoms with Crippen molar-refractivity contribution in [3.8, 4) is 21.1 Å². The standard InChI is InChI=1S/C17H12OSe/c18-17-15(13-7-3-1-4-8-13)11-12-16(19-17)14-9-5-2-6-10-14/h1-12H. The Kier molecular flexibility index (Phi) is 3.45. The average Bonchev–Trinajstić information content (AvgIpc) is 2.49. The van der Waals surface area contributed by atoms with Crippen LogP contribution >= 0.6 is 0 Å². The van der Waals surface area contributed by atoms with E-state index in [4.69, 9.17) is 0 Å². The summed E-state index contributed by atoms with van der Waals surface area (Å²) in [6.45, 7) is 0. The summed E-state index contributed by atoms with van der Waals surface area (Å²) in [7, 11) is 0. The van der Waals surface area contributed by atoms with Crippen LogP contribution in [0.1, 0.15) is 0 Å². The summed E-state index contributed by atoms with van der Waals surface area (Å²) in [5.74, 6) is 0. The first-order valence-corrected chi connectivity index (χ1v) is 7.81. The van der Waals surface area contributed by atoms with Crippen molar-refractivity contribution in [1.29, 1.82) is 0 Å². The van der Waals surface area contributed by atoms with Gasteiger partial charge >= 0.3 is 118 Å². The summed E-state index contributed by atoms with van der Waals surface area (Å²) in [6.07, 6.45) is 0. The third-order valence-electron chi connectivity index (χ3n) is 2.97. The molecule has 0 fully saturated rings. The van der Waals surface area contributed by atoms with Crippen molar-refractivity contribution in [2.45, 2.75) is 0 Å². The molecule has 0 saturated heterocycles. The molecule has 0 aliphatic carbocycles. The van der Waals surface area contributed by atoms with E-state index in [1.165, 1.54) is 0 Å². The van der Waals surface area contributed by atoms with Crippen LogP contribution in [-0.2, 0) is 0 Å². The number of hydrogen-bond acceptors (Lipinski definition) is 1. The summed E-state index contributed by atoms with van der Waals surface area (Å²) in [4.78, 5) is 12.3. The van der Waals surface area contributed by atoms with E-state index in [1.54, 1.807) is 0 Å². The minimum absolute atomic E-state index is 0.138. The fraction of sp³-hybridized carbons (Fsp3) is 0. The van der Waals surface area contributed by atoms with E-state index in [2.05, 4.69) is 18.2 Å². The van der Waals surface area contributed by atoms with Gasteiger partial charge in [-0.05, 0) is 0 Å². The molecule has 0 N–H and O–H groups in total. The fourth-order valence-corrected chi connectivity index (χ4v) is 3.86. The summed E-state index contributed by atoms with van der Waals surface area (Å²) in [5, 5.41) is 0. The second kappa shape index (κ2) is 5.39. The number of rotatable bonds is 2. The molecule has 0 spiro atoms. The molecule has 0 saturated carbocycles. The van der Waals surface area contributed by atoms with Crippen molar-refractivity contribution in [3.05, 3.63) is 81.9 Å². The van der Waals surface area contributed by atoms with Crippen LogP contribution in [0.5, 0.6) is 0 Å². The molecular weight excluding hydrogens is 299 g/mol. The molecule has 1 heterocycles. The second-order valence-electron chi connectivity index (χ2n) is 4.23. The Balaban J connectivity index is 2.07. The Morgan fingerprint density at radius 1 is 0.632 bits per heavy atom. The van der Waals surface area contributed by atoms with Crippen LogP contribution in [0.2, 0.25) is 0 Å². The van der Waals surface area contributed by atoms with Gasteiger partial charge in [-0.3, -0.25) is 0 Å². The van der Waals surface area contributed by atoms with Crippen molar-refractivity contribution < 1.29 is 0 Å². The first-order valence-electron chi connectivity index (χ1n) is 6.09. The zero-order chi connectivity index (χ0) is 13.1. The predicted molar refractivity (Wildman–Crippen MR) is 80.5 cm³/mol. The molecule has 2 aromatic carbocycles. The third kappa shape index (κ3) is 2.60. The minimum atomic E-state index is -0.138. The Morgan fingerprint density at radius 2 is 1.21 bits per heavy atom. The first-order chi connectivity index (χ1) is 9.34. The molecule has 92 valence electrons. The molecule has 0 unspecified atom stereocenters. The van der Waals surface area contributed by atoms with Crippen LogP contribution in [-0.4, -0.2) is 14.5 Å². The second-order valence-corrected chi connectivity index (χ2v) is 6.36. The van der Waals surface area contributed by atoms with Crippen molar-refractivity contribution in [2.24, 2.45) is 0 Å². The van der Waals surface area contributed by atoms with E-state index in [0.29, 0.717) is 0 Å². The summed E-state index contributed by atoms with van der Waals surface area (Å²) in [5.41, 5.74) is 3.00. The van der Waals surface area contributed by atoms with Crippen LogP contribution in [0.3, 0.4) is 0 Å². The maximum atomic E-state index is 12.3. The van der Waals surface area contributed by atoms with Gasteiger partial charge in [0.1, 0.15) is 0 Å². The van der Waals surface area contributed by atoms with E-state index in [1.807, 2.05) is 54.6 Å². The average molecular weight is 311 g/mol. The molecule has 0 amide bonds. The normalized spacial score (nSPS) is 10.3. The van der Waals surface area contributed by atoms with Gasteiger partial charge in [-0.2, -0.15) is 0 Å². The Hall–Kier alpha value is -1.89. The van der Waals surface area contributed by atoms with Crippen molar-refractivity contribution in [3.63, 3.8) is 0 Å². The van der Waals surface area contributed by atoms with E-state index in [9.17, 15) is 4.79 Å². The molecule has 1 aromatic heterocycles. The van der Waals surface area contributed by atoms with E-state index in [-0.39, 0.29) is 18.8 Å². The van der Waals surface area contributed by atoms with Crippen LogP contribution in [0.15, 0.2) is 77.6 Å². The Morgan fingerprint density at radius 3 is 1.79 bits per heavy atom. The van der Waals surface area contributed by atoms with Gasteiger partial charge in [-0.25, -0.2) is 0 Å². The number of hydrogen-bond donors (Lipinski definition) is 0. The van der Waals surface area contributed by atoms with Gasteiger partial charge < -0.3 is 0 Å². The van der Waals surface area contributed by atoms with Crippen LogP contribution in [0, 0.1) is 0 Å². The molecule has 0 bridgehead atoms. The predicted octanol–water partition coefficient (Wildman–Crippen LogP) is 3.44. The molecule has 0 radical (unpaired) electrons. The van der Waals surface area contributed by atoms with Crippen LogP contribution in [0.25, 0.3) is 21.1 Å². The van der Waals surface area contributed by atoms with Gasteiger partial charge in [0.15, 0.2) is 0 Å². The van der Waals surface area contributed by atoms with E-state index < -0.39 is 0 Å². The maximum absolute atomic E-state index is 12.3. The van der Waals surface area contributed by atoms with Gasteiger partial charge in [-0.15, -0.1) is 0 Å². The molecule has 1 nitrogen and oxygen atoms in total. The molecule has 3 aromatic rings. The summed E-state index contributed by atoms with van der Waals surface area (Å²) < 4.78 is 1.40. The number of benzene rings is 2. The van der Waals surface area contributed by atoms with Gasteiger partial charge in [0.2, 0.25) is 0 Å². The molecule has 0 aliphatic heterocycles. The first kappa shape index (κ1) is 12.2. The molecular formula is C17H12OSe. The van der Waals surface area contributed by atoms with Crippen molar-refractivity contribution in [1.82, 2.24) is 0 Å². The van der Waals surface area contributed by atoms with Crippen molar-refractivity contribution >= 4 is 14.5 Å². The molecule has 0 atom stereocenters. The third-order valence-corrected chi connectivity index (χ3v) is 5.06. The fourth-order valence-electron chi connectivity index (χ4n) is 2.01. The molecule has 19 heavy (non-hydrogen) atoms. The summed E-state index contributed by atoms with van der Waals surface area (Å²) >= 11 is -0.138. The van der Waals surface area contributed by atoms with Gasteiger partial charge in [0, 0.05) is 0 Å². The molecule has 0 aliphatic rings. The quantitative estimate of drug-likeness (QED) is 0.663. The van der Waals surface area contributed by atoms with Crippen LogP contribution < -0.4 is 4.30 Å². The monoisotopic (exact) mass is 312 g/mol. The van der Waals surface area contributed by atoms with Crippen molar-refractivity contribution in [2.75, 3.05) is 0 Å². The summed E-state index contributed by atoms with van der Waals surface area (Å²) in [6, 6.07) is 24.0. The van der Waals surface area contributed by atoms with Crippen LogP contribution in [0.4, 0.5) is 0 Å². The zero-order valence-corrected chi connectivity index (χ0v) is 12.0.